The number of hydrogen-bond donors (Lipinski definition) is 1. The second-order valence-electron chi connectivity index (χ2n) is 7.05. The third-order valence-corrected chi connectivity index (χ3v) is 7.26. The van der Waals surface area contributed by atoms with Gasteiger partial charge in [-0.1, -0.05) is 6.07 Å². The number of nitro groups is 1. The molecule has 2 heterocycles. The van der Waals surface area contributed by atoms with Crippen LogP contribution in [0.5, 0.6) is 0 Å². The van der Waals surface area contributed by atoms with Gasteiger partial charge in [0, 0.05) is 18.7 Å². The van der Waals surface area contributed by atoms with Gasteiger partial charge in [0.05, 0.1) is 36.0 Å². The minimum Gasteiger partial charge on any atom is -0.372 e. The summed E-state index contributed by atoms with van der Waals surface area (Å²) in [6, 6.07) is 3.99. The molecule has 1 N–H and O–H groups in total. The smallest absolute Gasteiger partial charge is 0.270 e. The van der Waals surface area contributed by atoms with Crippen LogP contribution in [0.25, 0.3) is 0 Å². The molecule has 9 heteroatoms. The molecule has 144 valence electrons. The lowest BCUT2D eigenvalue weighted by atomic mass is 10.1. The van der Waals surface area contributed by atoms with E-state index in [1.54, 1.807) is 6.92 Å². The number of aryl methyl sites for hydroxylation is 1. The van der Waals surface area contributed by atoms with Crippen molar-refractivity contribution in [3.8, 4) is 0 Å². The molecule has 0 spiro atoms. The van der Waals surface area contributed by atoms with E-state index in [1.165, 1.54) is 33.8 Å². The van der Waals surface area contributed by atoms with Gasteiger partial charge in [0.1, 0.15) is 12.6 Å². The molecule has 1 atom stereocenters. The van der Waals surface area contributed by atoms with Gasteiger partial charge in [-0.05, 0) is 31.7 Å². The number of nitrogens with zero attached hydrogens (tertiary/aromatic N) is 2. The average Bonchev–Trinajstić information content (AvgIpc) is 2.63. The Hall–Kier alpha value is -1.55. The van der Waals surface area contributed by atoms with Gasteiger partial charge >= 0.3 is 0 Å². The first-order chi connectivity index (χ1) is 12.4. The Morgan fingerprint density at radius 3 is 2.65 bits per heavy atom. The molecule has 0 saturated carbocycles. The molecular weight excluding hydrogens is 358 g/mol. The molecule has 2 fully saturated rings. The molecule has 2 aliphatic rings. The highest BCUT2D eigenvalue weighted by Crippen LogP contribution is 2.24. The Morgan fingerprint density at radius 2 is 2.04 bits per heavy atom. The SMILES string of the molecule is Cc1ccc([N+](=O)[O-])cc1S(=O)(=O)N1CC[NH+](C[C@@H]2CCCCO2)CC1. The Balaban J connectivity index is 1.66. The summed E-state index contributed by atoms with van der Waals surface area (Å²) in [5.74, 6) is 0. The number of rotatable bonds is 5. The van der Waals surface area contributed by atoms with Gasteiger partial charge in [0.2, 0.25) is 10.0 Å². The van der Waals surface area contributed by atoms with Gasteiger partial charge in [-0.2, -0.15) is 4.31 Å². The lowest BCUT2D eigenvalue weighted by molar-refractivity contribution is -0.907. The Labute approximate surface area is 153 Å². The number of quaternary nitrogens is 1. The summed E-state index contributed by atoms with van der Waals surface area (Å²) in [6.45, 7) is 5.71. The predicted molar refractivity (Wildman–Crippen MR) is 95.7 cm³/mol. The monoisotopic (exact) mass is 384 g/mol. The molecule has 8 nitrogen and oxygen atoms in total. The first kappa shape index (κ1) is 19.2. The largest absolute Gasteiger partial charge is 0.372 e. The maximum atomic E-state index is 12.9. The summed E-state index contributed by atoms with van der Waals surface area (Å²) < 4.78 is 33.1. The molecule has 0 aliphatic carbocycles. The normalized spacial score (nSPS) is 23.0. The van der Waals surface area contributed by atoms with Crippen molar-refractivity contribution in [2.75, 3.05) is 39.3 Å². The maximum Gasteiger partial charge on any atom is 0.270 e. The van der Waals surface area contributed by atoms with Gasteiger partial charge in [-0.25, -0.2) is 8.42 Å². The van der Waals surface area contributed by atoms with E-state index in [9.17, 15) is 18.5 Å². The first-order valence-corrected chi connectivity index (χ1v) is 10.5. The van der Waals surface area contributed by atoms with Gasteiger partial charge in [0.25, 0.3) is 5.69 Å². The second-order valence-corrected chi connectivity index (χ2v) is 8.96. The Bertz CT molecular complexity index is 754. The van der Waals surface area contributed by atoms with Crippen LogP contribution in [-0.2, 0) is 14.8 Å². The van der Waals surface area contributed by atoms with Crippen LogP contribution in [0.1, 0.15) is 24.8 Å². The minimum atomic E-state index is -3.72. The molecule has 0 unspecified atom stereocenters. The molecule has 26 heavy (non-hydrogen) atoms. The van der Waals surface area contributed by atoms with Gasteiger partial charge in [-0.3, -0.25) is 10.1 Å². The zero-order valence-corrected chi connectivity index (χ0v) is 15.8. The first-order valence-electron chi connectivity index (χ1n) is 9.08. The highest BCUT2D eigenvalue weighted by Gasteiger charge is 2.33. The molecule has 0 radical (unpaired) electrons. The molecule has 0 bridgehead atoms. The molecular formula is C17H26N3O5S+. The van der Waals surface area contributed by atoms with E-state index in [0.29, 0.717) is 18.7 Å². The van der Waals surface area contributed by atoms with E-state index in [0.717, 1.165) is 39.1 Å². The zero-order chi connectivity index (χ0) is 18.7. The summed E-state index contributed by atoms with van der Waals surface area (Å²) >= 11 is 0. The summed E-state index contributed by atoms with van der Waals surface area (Å²) in [5, 5.41) is 11.0. The molecule has 2 saturated heterocycles. The fourth-order valence-corrected chi connectivity index (χ4v) is 5.34. The van der Waals surface area contributed by atoms with E-state index in [1.807, 2.05) is 0 Å². The zero-order valence-electron chi connectivity index (χ0n) is 15.0. The standard InChI is InChI=1S/C17H25N3O5S/c1-14-5-6-15(20(21)22)12-17(14)26(23,24)19-9-7-18(8-10-19)13-16-4-2-3-11-25-16/h5-6,12,16H,2-4,7-11,13H2,1H3/p+1/t16-/m0/s1. The number of nitro benzene ring substituents is 1. The number of ether oxygens (including phenoxy) is 1. The number of benzene rings is 1. The predicted octanol–water partition coefficient (Wildman–Crippen LogP) is 0.362. The third-order valence-electron chi connectivity index (χ3n) is 5.22. The number of hydrogen-bond acceptors (Lipinski definition) is 5. The maximum absolute atomic E-state index is 12.9. The van der Waals surface area contributed by atoms with E-state index in [4.69, 9.17) is 4.74 Å². The van der Waals surface area contributed by atoms with Crippen LogP contribution < -0.4 is 4.90 Å². The van der Waals surface area contributed by atoms with Crippen LogP contribution in [0, 0.1) is 17.0 Å². The van der Waals surface area contributed by atoms with Crippen molar-refractivity contribution in [1.29, 1.82) is 0 Å². The van der Waals surface area contributed by atoms with Crippen LogP contribution in [0.3, 0.4) is 0 Å². The topological polar surface area (TPSA) is 94.2 Å². The van der Waals surface area contributed by atoms with E-state index >= 15 is 0 Å². The van der Waals surface area contributed by atoms with Crippen molar-refractivity contribution < 1.29 is 23.0 Å². The van der Waals surface area contributed by atoms with Crippen LogP contribution in [0.2, 0.25) is 0 Å². The van der Waals surface area contributed by atoms with Crippen molar-refractivity contribution in [2.24, 2.45) is 0 Å². The fourth-order valence-electron chi connectivity index (χ4n) is 3.66. The fraction of sp³-hybridized carbons (Fsp3) is 0.647. The average molecular weight is 384 g/mol. The molecule has 1 aromatic rings. The van der Waals surface area contributed by atoms with Crippen molar-refractivity contribution in [2.45, 2.75) is 37.2 Å². The molecule has 1 aromatic carbocycles. The summed E-state index contributed by atoms with van der Waals surface area (Å²) in [6.07, 6.45) is 3.68. The summed E-state index contributed by atoms with van der Waals surface area (Å²) in [4.78, 5) is 11.8. The van der Waals surface area contributed by atoms with Crippen LogP contribution >= 0.6 is 0 Å². The lowest BCUT2D eigenvalue weighted by Crippen LogP contribution is -3.15. The van der Waals surface area contributed by atoms with Gasteiger partial charge in [0.15, 0.2) is 0 Å². The number of piperazine rings is 1. The van der Waals surface area contributed by atoms with Gasteiger partial charge in [-0.15, -0.1) is 0 Å². The third kappa shape index (κ3) is 4.22. The van der Waals surface area contributed by atoms with E-state index < -0.39 is 14.9 Å². The van der Waals surface area contributed by atoms with Crippen LogP contribution in [0.4, 0.5) is 5.69 Å². The molecule has 0 aromatic heterocycles. The van der Waals surface area contributed by atoms with E-state index in [2.05, 4.69) is 0 Å². The number of nitrogens with one attached hydrogen (secondary N) is 1. The Kier molecular flexibility index (Phi) is 5.91. The van der Waals surface area contributed by atoms with Crippen LogP contribution in [0.15, 0.2) is 23.1 Å². The van der Waals surface area contributed by atoms with Crippen molar-refractivity contribution in [1.82, 2.24) is 4.31 Å². The van der Waals surface area contributed by atoms with Gasteiger partial charge < -0.3 is 9.64 Å². The Morgan fingerprint density at radius 1 is 1.31 bits per heavy atom. The van der Waals surface area contributed by atoms with Crippen LogP contribution in [-0.4, -0.2) is 63.1 Å². The van der Waals surface area contributed by atoms with Crippen molar-refractivity contribution in [3.05, 3.63) is 33.9 Å². The van der Waals surface area contributed by atoms with E-state index in [-0.39, 0.29) is 16.7 Å². The highest BCUT2D eigenvalue weighted by atomic mass is 32.2. The quantitative estimate of drug-likeness (QED) is 0.584. The number of sulfonamides is 1. The molecule has 3 rings (SSSR count). The molecule has 0 amide bonds. The highest BCUT2D eigenvalue weighted by molar-refractivity contribution is 7.89. The summed E-state index contributed by atoms with van der Waals surface area (Å²) in [7, 11) is -3.72. The lowest BCUT2D eigenvalue weighted by Gasteiger charge is -2.34. The van der Waals surface area contributed by atoms with Crippen molar-refractivity contribution >= 4 is 15.7 Å². The summed E-state index contributed by atoms with van der Waals surface area (Å²) in [5.41, 5.74) is 0.328. The van der Waals surface area contributed by atoms with Crippen molar-refractivity contribution in [3.63, 3.8) is 0 Å². The molecule has 2 aliphatic heterocycles. The minimum absolute atomic E-state index is 0.0331. The second kappa shape index (κ2) is 7.99. The number of non-ortho nitro benzene ring substituents is 1.